The lowest BCUT2D eigenvalue weighted by atomic mass is 9.93. The summed E-state index contributed by atoms with van der Waals surface area (Å²) in [6, 6.07) is 6.96. The van der Waals surface area contributed by atoms with Gasteiger partial charge in [-0.2, -0.15) is 0 Å². The first-order chi connectivity index (χ1) is 10.1. The molecule has 5 heteroatoms. The molecule has 0 aromatic heterocycles. The Labute approximate surface area is 124 Å². The summed E-state index contributed by atoms with van der Waals surface area (Å²) in [5.74, 6) is -0.520. The van der Waals surface area contributed by atoms with Crippen LogP contribution < -0.4 is 0 Å². The molecule has 1 unspecified atom stereocenters. The van der Waals surface area contributed by atoms with Crippen LogP contribution in [0.1, 0.15) is 41.6 Å². The van der Waals surface area contributed by atoms with Gasteiger partial charge in [0, 0.05) is 25.1 Å². The number of carboxylic acid groups (broad SMARTS) is 1. The highest BCUT2D eigenvalue weighted by Gasteiger charge is 2.24. The van der Waals surface area contributed by atoms with E-state index in [-0.39, 0.29) is 24.9 Å². The molecule has 1 aliphatic heterocycles. The summed E-state index contributed by atoms with van der Waals surface area (Å²) >= 11 is 0. The van der Waals surface area contributed by atoms with Gasteiger partial charge in [-0.05, 0) is 42.9 Å². The van der Waals surface area contributed by atoms with E-state index in [0.717, 1.165) is 24.9 Å². The number of carbonyl (C=O) groups excluding carboxylic acids is 1. The molecule has 1 saturated heterocycles. The normalized spacial score (nSPS) is 18.5. The fourth-order valence-corrected chi connectivity index (χ4v) is 2.75. The molecular weight excluding hydrogens is 270 g/mol. The topological polar surface area (TPSA) is 77.8 Å². The number of rotatable bonds is 5. The van der Waals surface area contributed by atoms with Gasteiger partial charge < -0.3 is 15.1 Å². The third kappa shape index (κ3) is 4.29. The molecule has 114 valence electrons. The summed E-state index contributed by atoms with van der Waals surface area (Å²) < 4.78 is 0. The molecule has 0 spiro atoms. The van der Waals surface area contributed by atoms with Crippen LogP contribution in [-0.4, -0.2) is 40.1 Å². The van der Waals surface area contributed by atoms with E-state index in [1.54, 1.807) is 24.3 Å². The maximum absolute atomic E-state index is 12.4. The molecule has 0 aliphatic carbocycles. The Morgan fingerprint density at radius 1 is 1.24 bits per heavy atom. The zero-order valence-electron chi connectivity index (χ0n) is 12.0. The molecule has 21 heavy (non-hydrogen) atoms. The number of likely N-dealkylation sites (tertiary alicyclic amines) is 1. The van der Waals surface area contributed by atoms with E-state index in [4.69, 9.17) is 10.2 Å². The molecule has 2 rings (SSSR count). The van der Waals surface area contributed by atoms with E-state index in [9.17, 15) is 9.59 Å². The second kappa shape index (κ2) is 7.22. The van der Waals surface area contributed by atoms with Crippen molar-refractivity contribution in [1.29, 1.82) is 0 Å². The first-order valence-corrected chi connectivity index (χ1v) is 7.31. The molecule has 1 aromatic carbocycles. The van der Waals surface area contributed by atoms with E-state index in [1.165, 1.54) is 0 Å². The molecule has 1 heterocycles. The number of hydrogen-bond acceptors (Lipinski definition) is 3. The fourth-order valence-electron chi connectivity index (χ4n) is 2.75. The van der Waals surface area contributed by atoms with Gasteiger partial charge >= 0.3 is 5.97 Å². The SMILES string of the molecule is O=C(O)CCC1CCCN(C(=O)c2ccc(CO)cc2)C1. The number of hydrogen-bond donors (Lipinski definition) is 2. The van der Waals surface area contributed by atoms with Gasteiger partial charge in [-0.3, -0.25) is 9.59 Å². The minimum atomic E-state index is -0.780. The predicted octanol–water partition coefficient (Wildman–Crippen LogP) is 1.90. The molecular formula is C16H21NO4. The molecule has 2 N–H and O–H groups in total. The second-order valence-corrected chi connectivity index (χ2v) is 5.55. The van der Waals surface area contributed by atoms with Crippen molar-refractivity contribution < 1.29 is 19.8 Å². The summed E-state index contributed by atoms with van der Waals surface area (Å²) in [5.41, 5.74) is 1.40. The molecule has 1 amide bonds. The van der Waals surface area contributed by atoms with Gasteiger partial charge in [-0.25, -0.2) is 0 Å². The molecule has 0 radical (unpaired) electrons. The monoisotopic (exact) mass is 291 g/mol. The summed E-state index contributed by atoms with van der Waals surface area (Å²) in [7, 11) is 0. The van der Waals surface area contributed by atoms with Crippen LogP contribution in [0.25, 0.3) is 0 Å². The minimum Gasteiger partial charge on any atom is -0.481 e. The van der Waals surface area contributed by atoms with Gasteiger partial charge in [0.05, 0.1) is 6.61 Å². The van der Waals surface area contributed by atoms with Crippen molar-refractivity contribution in [3.63, 3.8) is 0 Å². The third-order valence-corrected chi connectivity index (χ3v) is 3.96. The van der Waals surface area contributed by atoms with Gasteiger partial charge in [0.25, 0.3) is 5.91 Å². The lowest BCUT2D eigenvalue weighted by molar-refractivity contribution is -0.137. The highest BCUT2D eigenvalue weighted by atomic mass is 16.4. The maximum atomic E-state index is 12.4. The van der Waals surface area contributed by atoms with E-state index in [2.05, 4.69) is 0 Å². The van der Waals surface area contributed by atoms with E-state index < -0.39 is 5.97 Å². The highest BCUT2D eigenvalue weighted by molar-refractivity contribution is 5.94. The summed E-state index contributed by atoms with van der Waals surface area (Å²) in [6.45, 7) is 1.33. The average molecular weight is 291 g/mol. The maximum Gasteiger partial charge on any atom is 0.303 e. The summed E-state index contributed by atoms with van der Waals surface area (Å²) in [5, 5.41) is 17.8. The van der Waals surface area contributed by atoms with E-state index in [0.29, 0.717) is 18.5 Å². The summed E-state index contributed by atoms with van der Waals surface area (Å²) in [6.07, 6.45) is 2.70. The summed E-state index contributed by atoms with van der Waals surface area (Å²) in [4.78, 5) is 24.9. The van der Waals surface area contributed by atoms with Gasteiger partial charge in [0.2, 0.25) is 0 Å². The van der Waals surface area contributed by atoms with Crippen molar-refractivity contribution in [1.82, 2.24) is 4.90 Å². The van der Waals surface area contributed by atoms with Crippen LogP contribution in [0.4, 0.5) is 0 Å². The van der Waals surface area contributed by atoms with E-state index >= 15 is 0 Å². The Bertz CT molecular complexity index is 498. The third-order valence-electron chi connectivity index (χ3n) is 3.96. The Morgan fingerprint density at radius 2 is 1.95 bits per heavy atom. The van der Waals surface area contributed by atoms with E-state index in [1.807, 2.05) is 4.90 Å². The molecule has 0 saturated carbocycles. The Balaban J connectivity index is 1.96. The quantitative estimate of drug-likeness (QED) is 0.868. The van der Waals surface area contributed by atoms with Gasteiger partial charge in [-0.1, -0.05) is 12.1 Å². The molecule has 1 atom stereocenters. The number of aliphatic hydroxyl groups excluding tert-OH is 1. The van der Waals surface area contributed by atoms with Crippen molar-refractivity contribution in [2.45, 2.75) is 32.3 Å². The van der Waals surface area contributed by atoms with Crippen LogP contribution in [0, 0.1) is 5.92 Å². The molecule has 1 aliphatic rings. The number of piperidine rings is 1. The number of aliphatic carboxylic acids is 1. The minimum absolute atomic E-state index is 0.0143. The fraction of sp³-hybridized carbons (Fsp3) is 0.500. The van der Waals surface area contributed by atoms with Gasteiger partial charge in [0.15, 0.2) is 0 Å². The average Bonchev–Trinajstić information content (AvgIpc) is 2.52. The first kappa shape index (κ1) is 15.5. The standard InChI is InChI=1S/C16H21NO4/c18-11-13-3-6-14(7-4-13)16(21)17-9-1-2-12(10-17)5-8-15(19)20/h3-4,6-7,12,18H,1-2,5,8-11H2,(H,19,20). The second-order valence-electron chi connectivity index (χ2n) is 5.55. The van der Waals surface area contributed by atoms with Crippen LogP contribution in [-0.2, 0) is 11.4 Å². The number of benzene rings is 1. The Morgan fingerprint density at radius 3 is 2.57 bits per heavy atom. The largest absolute Gasteiger partial charge is 0.481 e. The lowest BCUT2D eigenvalue weighted by Crippen LogP contribution is -2.40. The van der Waals surface area contributed by atoms with Crippen LogP contribution in [0.3, 0.4) is 0 Å². The van der Waals surface area contributed by atoms with Crippen molar-refractivity contribution in [2.75, 3.05) is 13.1 Å². The molecule has 1 fully saturated rings. The van der Waals surface area contributed by atoms with Crippen LogP contribution in [0.5, 0.6) is 0 Å². The number of aliphatic hydroxyl groups is 1. The molecule has 5 nitrogen and oxygen atoms in total. The van der Waals surface area contributed by atoms with Gasteiger partial charge in [0.1, 0.15) is 0 Å². The van der Waals surface area contributed by atoms with Crippen molar-refractivity contribution >= 4 is 11.9 Å². The Hall–Kier alpha value is -1.88. The highest BCUT2D eigenvalue weighted by Crippen LogP contribution is 2.22. The van der Waals surface area contributed by atoms with Crippen molar-refractivity contribution in [2.24, 2.45) is 5.92 Å². The predicted molar refractivity (Wildman–Crippen MR) is 77.9 cm³/mol. The smallest absolute Gasteiger partial charge is 0.303 e. The lowest BCUT2D eigenvalue weighted by Gasteiger charge is -2.32. The number of amides is 1. The molecule has 1 aromatic rings. The number of carbonyl (C=O) groups is 2. The zero-order chi connectivity index (χ0) is 15.2. The van der Waals surface area contributed by atoms with Crippen LogP contribution in [0.2, 0.25) is 0 Å². The zero-order valence-corrected chi connectivity index (χ0v) is 12.0. The first-order valence-electron chi connectivity index (χ1n) is 7.31. The number of nitrogens with zero attached hydrogens (tertiary/aromatic N) is 1. The van der Waals surface area contributed by atoms with Gasteiger partial charge in [-0.15, -0.1) is 0 Å². The molecule has 0 bridgehead atoms. The number of carboxylic acids is 1. The van der Waals surface area contributed by atoms with Crippen LogP contribution >= 0.6 is 0 Å². The van der Waals surface area contributed by atoms with Crippen molar-refractivity contribution in [3.05, 3.63) is 35.4 Å². The van der Waals surface area contributed by atoms with Crippen molar-refractivity contribution in [3.8, 4) is 0 Å². The van der Waals surface area contributed by atoms with Crippen LogP contribution in [0.15, 0.2) is 24.3 Å². The Kier molecular flexibility index (Phi) is 5.33.